The lowest BCUT2D eigenvalue weighted by atomic mass is 10.00. The Bertz CT molecular complexity index is 1050. The van der Waals surface area contributed by atoms with Crippen LogP contribution in [0.4, 0.5) is 0 Å². The molecule has 0 aromatic carbocycles. The lowest BCUT2D eigenvalue weighted by Gasteiger charge is -2.26. The zero-order valence-electron chi connectivity index (χ0n) is 28.3. The molecule has 0 heterocycles. The lowest BCUT2D eigenvalue weighted by molar-refractivity contribution is -0.138. The number of hydrogen-bond acceptors (Lipinski definition) is 9. The molecule has 264 valence electrons. The first kappa shape index (κ1) is 42.2. The van der Waals surface area contributed by atoms with Gasteiger partial charge in [-0.05, 0) is 42.9 Å². The molecule has 0 unspecified atom stereocenters. The van der Waals surface area contributed by atoms with Crippen LogP contribution in [-0.2, 0) is 33.6 Å². The van der Waals surface area contributed by atoms with Crippen molar-refractivity contribution >= 4 is 41.4 Å². The Kier molecular flexibility index (Phi) is 19.4. The summed E-state index contributed by atoms with van der Waals surface area (Å²) in [5, 5.41) is 33.3. The van der Waals surface area contributed by atoms with Crippen molar-refractivity contribution in [3.05, 3.63) is 0 Å². The maximum atomic E-state index is 13.1. The molecule has 0 saturated heterocycles. The van der Waals surface area contributed by atoms with E-state index in [1.54, 1.807) is 13.8 Å². The molecule has 0 saturated carbocycles. The second-order valence-corrected chi connectivity index (χ2v) is 13.0. The Labute approximate surface area is 271 Å². The number of carbonyl (C=O) groups is 7. The second kappa shape index (κ2) is 21.1. The number of carboxylic acids is 1. The molecule has 0 fully saturated rings. The van der Waals surface area contributed by atoms with Gasteiger partial charge in [0.25, 0.3) is 0 Å². The smallest absolute Gasteiger partial charge is 0.322 e. The standard InChI is InChI=1S/C30H55N7O9/c1-15(2)9-19(31)26(42)34-21(11-17(5)6)29(45)36-22(14-38)28(44)32-12-23(39)37-25(18(7)8)30(46)35-20(10-16(3)4)27(43)33-13-24(40)41/h15-22,25,38H,9-14,31H2,1-8H3,(H,32,44)(H,33,43)(H,34,42)(H,35,46)(H,36,45)(H,37,39)(H,40,41)/t19-,20+,21+,22-,25-/m0/s1. The number of aliphatic hydroxyl groups excluding tert-OH is 1. The summed E-state index contributed by atoms with van der Waals surface area (Å²) in [6.07, 6.45) is 0.865. The fourth-order valence-corrected chi connectivity index (χ4v) is 4.36. The number of nitrogens with two attached hydrogens (primary N) is 1. The van der Waals surface area contributed by atoms with Crippen molar-refractivity contribution in [3.8, 4) is 0 Å². The molecule has 0 spiro atoms. The summed E-state index contributed by atoms with van der Waals surface area (Å²) in [6, 6.07) is -5.45. The minimum atomic E-state index is -1.44. The molecular formula is C30H55N7O9. The van der Waals surface area contributed by atoms with Gasteiger partial charge in [0, 0.05) is 0 Å². The molecule has 0 aliphatic carbocycles. The highest BCUT2D eigenvalue weighted by atomic mass is 16.4. The summed E-state index contributed by atoms with van der Waals surface area (Å²) < 4.78 is 0. The molecule has 0 aliphatic rings. The average molecular weight is 658 g/mol. The Morgan fingerprint density at radius 3 is 1.46 bits per heavy atom. The van der Waals surface area contributed by atoms with Gasteiger partial charge in [-0.15, -0.1) is 0 Å². The SMILES string of the molecule is CC(C)C[C@H](N)C(=O)N[C@H](CC(C)C)C(=O)N[C@@H](CO)C(=O)NCC(=O)N[C@H](C(=O)N[C@H](CC(C)C)C(=O)NCC(=O)O)C(C)C. The number of amides is 6. The van der Waals surface area contributed by atoms with Gasteiger partial charge in [-0.25, -0.2) is 0 Å². The minimum Gasteiger partial charge on any atom is -0.480 e. The molecular weight excluding hydrogens is 602 g/mol. The number of carbonyl (C=O) groups excluding carboxylic acids is 6. The van der Waals surface area contributed by atoms with Gasteiger partial charge in [-0.2, -0.15) is 0 Å². The van der Waals surface area contributed by atoms with Crippen LogP contribution in [0.3, 0.4) is 0 Å². The highest BCUT2D eigenvalue weighted by Gasteiger charge is 2.31. The molecule has 0 bridgehead atoms. The van der Waals surface area contributed by atoms with E-state index in [0.717, 1.165) is 0 Å². The van der Waals surface area contributed by atoms with Crippen molar-refractivity contribution in [2.75, 3.05) is 19.7 Å². The van der Waals surface area contributed by atoms with Crippen LogP contribution in [0.2, 0.25) is 0 Å². The summed E-state index contributed by atoms with van der Waals surface area (Å²) in [5.74, 6) is -5.79. The number of nitrogens with one attached hydrogen (secondary N) is 6. The van der Waals surface area contributed by atoms with Crippen molar-refractivity contribution in [1.29, 1.82) is 0 Å². The van der Waals surface area contributed by atoms with E-state index >= 15 is 0 Å². The molecule has 0 rings (SSSR count). The Morgan fingerprint density at radius 2 is 1.00 bits per heavy atom. The van der Waals surface area contributed by atoms with Crippen molar-refractivity contribution in [2.24, 2.45) is 29.4 Å². The van der Waals surface area contributed by atoms with Crippen LogP contribution in [0, 0.1) is 23.7 Å². The van der Waals surface area contributed by atoms with Crippen LogP contribution in [0.15, 0.2) is 0 Å². The van der Waals surface area contributed by atoms with Crippen molar-refractivity contribution < 1.29 is 43.8 Å². The third-order valence-corrected chi connectivity index (χ3v) is 6.66. The third kappa shape index (κ3) is 17.1. The van der Waals surface area contributed by atoms with Crippen molar-refractivity contribution in [2.45, 2.75) is 105 Å². The fraction of sp³-hybridized carbons (Fsp3) is 0.767. The van der Waals surface area contributed by atoms with E-state index in [9.17, 15) is 38.7 Å². The van der Waals surface area contributed by atoms with E-state index < -0.39 is 97.2 Å². The monoisotopic (exact) mass is 657 g/mol. The molecule has 46 heavy (non-hydrogen) atoms. The summed E-state index contributed by atoms with van der Waals surface area (Å²) in [5.41, 5.74) is 5.94. The molecule has 16 heteroatoms. The molecule has 16 nitrogen and oxygen atoms in total. The largest absolute Gasteiger partial charge is 0.480 e. The van der Waals surface area contributed by atoms with Crippen molar-refractivity contribution in [3.63, 3.8) is 0 Å². The van der Waals surface area contributed by atoms with Gasteiger partial charge < -0.3 is 47.8 Å². The predicted octanol–water partition coefficient (Wildman–Crippen LogP) is -1.64. The zero-order valence-corrected chi connectivity index (χ0v) is 28.3. The van der Waals surface area contributed by atoms with Gasteiger partial charge in [0.2, 0.25) is 35.4 Å². The Hall–Kier alpha value is -3.79. The van der Waals surface area contributed by atoms with E-state index in [2.05, 4.69) is 31.9 Å². The normalized spacial score (nSPS) is 14.6. The van der Waals surface area contributed by atoms with Gasteiger partial charge in [-0.1, -0.05) is 55.4 Å². The number of rotatable bonds is 21. The van der Waals surface area contributed by atoms with Crippen LogP contribution in [0.5, 0.6) is 0 Å². The van der Waals surface area contributed by atoms with Gasteiger partial charge in [0.15, 0.2) is 0 Å². The van der Waals surface area contributed by atoms with Crippen LogP contribution >= 0.6 is 0 Å². The number of hydrogen-bond donors (Lipinski definition) is 9. The molecule has 5 atom stereocenters. The lowest BCUT2D eigenvalue weighted by Crippen LogP contribution is -2.58. The molecule has 0 aromatic heterocycles. The first-order valence-electron chi connectivity index (χ1n) is 15.6. The van der Waals surface area contributed by atoms with Crippen molar-refractivity contribution in [1.82, 2.24) is 31.9 Å². The van der Waals surface area contributed by atoms with Gasteiger partial charge in [0.1, 0.15) is 30.7 Å². The average Bonchev–Trinajstić information content (AvgIpc) is 2.93. The highest BCUT2D eigenvalue weighted by Crippen LogP contribution is 2.09. The van der Waals surface area contributed by atoms with Crippen LogP contribution in [0.25, 0.3) is 0 Å². The van der Waals surface area contributed by atoms with Crippen LogP contribution < -0.4 is 37.6 Å². The topological polar surface area (TPSA) is 258 Å². The molecule has 10 N–H and O–H groups in total. The minimum absolute atomic E-state index is 0.00615. The maximum absolute atomic E-state index is 13.1. The third-order valence-electron chi connectivity index (χ3n) is 6.66. The molecule has 6 amide bonds. The predicted molar refractivity (Wildman–Crippen MR) is 170 cm³/mol. The number of aliphatic carboxylic acids is 1. The summed E-state index contributed by atoms with van der Waals surface area (Å²) in [6.45, 7) is 12.4. The maximum Gasteiger partial charge on any atom is 0.322 e. The number of carboxylic acid groups (broad SMARTS) is 1. The summed E-state index contributed by atoms with van der Waals surface area (Å²) in [7, 11) is 0. The van der Waals surface area contributed by atoms with E-state index in [1.165, 1.54) is 0 Å². The first-order valence-corrected chi connectivity index (χ1v) is 15.6. The highest BCUT2D eigenvalue weighted by molar-refractivity contribution is 5.96. The van der Waals surface area contributed by atoms with Gasteiger partial charge in [-0.3, -0.25) is 33.6 Å². The Morgan fingerprint density at radius 1 is 0.565 bits per heavy atom. The zero-order chi connectivity index (χ0) is 35.7. The van der Waals surface area contributed by atoms with E-state index in [1.807, 2.05) is 41.5 Å². The summed E-state index contributed by atoms with van der Waals surface area (Å²) in [4.78, 5) is 87.4. The molecule has 0 aromatic rings. The quantitative estimate of drug-likeness (QED) is 0.0680. The van der Waals surface area contributed by atoms with Gasteiger partial charge in [0.05, 0.1) is 19.2 Å². The van der Waals surface area contributed by atoms with E-state index in [0.29, 0.717) is 6.42 Å². The van der Waals surface area contributed by atoms with Crippen LogP contribution in [-0.4, -0.2) is 102 Å². The Balaban J connectivity index is 5.36. The van der Waals surface area contributed by atoms with Crippen LogP contribution in [0.1, 0.15) is 74.7 Å². The number of aliphatic hydroxyl groups is 1. The second-order valence-electron chi connectivity index (χ2n) is 13.0. The first-order chi connectivity index (χ1) is 21.3. The fourth-order valence-electron chi connectivity index (χ4n) is 4.36. The van der Waals surface area contributed by atoms with Gasteiger partial charge >= 0.3 is 5.97 Å². The van der Waals surface area contributed by atoms with E-state index in [4.69, 9.17) is 10.8 Å². The van der Waals surface area contributed by atoms with E-state index in [-0.39, 0.29) is 30.6 Å². The molecule has 0 radical (unpaired) electrons. The summed E-state index contributed by atoms with van der Waals surface area (Å²) >= 11 is 0. The molecule has 0 aliphatic heterocycles.